The first-order valence-corrected chi connectivity index (χ1v) is 8.66. The van der Waals surface area contributed by atoms with Crippen LogP contribution in [0, 0.1) is 0 Å². The number of aliphatic hydroxyl groups excluding tert-OH is 2. The van der Waals surface area contributed by atoms with E-state index in [1.54, 1.807) is 0 Å². The van der Waals surface area contributed by atoms with Gasteiger partial charge in [0.2, 0.25) is 0 Å². The van der Waals surface area contributed by atoms with Crippen LogP contribution in [0.3, 0.4) is 0 Å². The Balaban J connectivity index is 1.99. The van der Waals surface area contributed by atoms with Gasteiger partial charge in [0.15, 0.2) is 0 Å². The Morgan fingerprint density at radius 1 is 1.00 bits per heavy atom. The second-order valence-electron chi connectivity index (χ2n) is 6.47. The van der Waals surface area contributed by atoms with Gasteiger partial charge in [0, 0.05) is 5.39 Å². The molecule has 0 amide bonds. The van der Waals surface area contributed by atoms with Crippen LogP contribution < -0.4 is 5.73 Å². The molecule has 4 nitrogen and oxygen atoms in total. The predicted molar refractivity (Wildman–Crippen MR) is 93.3 cm³/mol. The van der Waals surface area contributed by atoms with E-state index in [0.717, 1.165) is 17.4 Å². The molecule has 0 unspecified atom stereocenters. The van der Waals surface area contributed by atoms with Gasteiger partial charge in [-0.1, -0.05) is 45.1 Å². The van der Waals surface area contributed by atoms with Gasteiger partial charge in [-0.2, -0.15) is 0 Å². The zero-order valence-corrected chi connectivity index (χ0v) is 14.1. The number of nitrogens with two attached hydrogens (primary N) is 1. The molecule has 4 N–H and O–H groups in total. The van der Waals surface area contributed by atoms with E-state index >= 15 is 0 Å². The third-order valence-corrected chi connectivity index (χ3v) is 4.45. The lowest BCUT2D eigenvalue weighted by Gasteiger charge is -2.21. The summed E-state index contributed by atoms with van der Waals surface area (Å²) in [6.07, 6.45) is 8.81. The minimum Gasteiger partial charge on any atom is -0.459 e. The topological polar surface area (TPSA) is 79.6 Å². The number of aryl methyl sites for hydroxylation is 1. The van der Waals surface area contributed by atoms with Crippen LogP contribution in [0.2, 0.25) is 0 Å². The number of rotatable bonds is 10. The molecule has 1 aromatic heterocycles. The van der Waals surface area contributed by atoms with Gasteiger partial charge in [0.1, 0.15) is 16.9 Å². The Hall–Kier alpha value is -1.36. The number of hydrogen-bond acceptors (Lipinski definition) is 4. The molecule has 0 radical (unpaired) electrons. The van der Waals surface area contributed by atoms with Crippen LogP contribution in [0.15, 0.2) is 28.7 Å². The van der Waals surface area contributed by atoms with Crippen LogP contribution in [-0.2, 0) is 12.0 Å². The fourth-order valence-electron chi connectivity index (χ4n) is 2.81. The largest absolute Gasteiger partial charge is 0.459 e. The third-order valence-electron chi connectivity index (χ3n) is 4.45. The summed E-state index contributed by atoms with van der Waals surface area (Å²) in [5, 5.41) is 19.7. The van der Waals surface area contributed by atoms with E-state index in [4.69, 9.17) is 10.2 Å². The van der Waals surface area contributed by atoms with E-state index in [2.05, 4.69) is 19.1 Å². The van der Waals surface area contributed by atoms with Gasteiger partial charge in [0.25, 0.3) is 0 Å². The molecule has 23 heavy (non-hydrogen) atoms. The maximum Gasteiger partial charge on any atom is 0.134 e. The first-order valence-electron chi connectivity index (χ1n) is 8.66. The van der Waals surface area contributed by atoms with Crippen LogP contribution in [0.4, 0.5) is 0 Å². The number of fused-ring (bicyclic) bond motifs is 1. The minimum absolute atomic E-state index is 0.353. The molecule has 0 aliphatic carbocycles. The van der Waals surface area contributed by atoms with Crippen molar-refractivity contribution in [3.8, 4) is 0 Å². The highest BCUT2D eigenvalue weighted by Gasteiger charge is 2.29. The molecular formula is C19H29NO3. The van der Waals surface area contributed by atoms with Crippen LogP contribution in [0.25, 0.3) is 11.0 Å². The van der Waals surface area contributed by atoms with Crippen molar-refractivity contribution in [1.29, 1.82) is 0 Å². The summed E-state index contributed by atoms with van der Waals surface area (Å²) < 4.78 is 5.69. The molecule has 0 saturated carbocycles. The quantitative estimate of drug-likeness (QED) is 0.586. The first-order chi connectivity index (χ1) is 11.1. The average molecular weight is 319 g/mol. The zero-order valence-electron chi connectivity index (χ0n) is 14.1. The van der Waals surface area contributed by atoms with Gasteiger partial charge in [-0.3, -0.25) is 0 Å². The number of furan rings is 1. The Morgan fingerprint density at radius 3 is 2.39 bits per heavy atom. The van der Waals surface area contributed by atoms with E-state index in [1.807, 2.05) is 12.1 Å². The molecule has 2 rings (SSSR count). The second-order valence-corrected chi connectivity index (χ2v) is 6.47. The monoisotopic (exact) mass is 319 g/mol. The van der Waals surface area contributed by atoms with Gasteiger partial charge in [-0.25, -0.2) is 0 Å². The summed E-state index contributed by atoms with van der Waals surface area (Å²) in [5.41, 5.74) is 6.77. The van der Waals surface area contributed by atoms with Gasteiger partial charge in [-0.05, 0) is 36.6 Å². The smallest absolute Gasteiger partial charge is 0.134 e. The lowest BCUT2D eigenvalue weighted by Crippen LogP contribution is -2.43. The summed E-state index contributed by atoms with van der Waals surface area (Å²) in [4.78, 5) is 0. The SMILES string of the molecule is CCCCCCCCc1ccc2oc(C(N)(CO)CO)cc2c1. The Kier molecular flexibility index (Phi) is 6.63. The molecule has 0 spiro atoms. The first kappa shape index (κ1) is 18.0. The van der Waals surface area contributed by atoms with Gasteiger partial charge < -0.3 is 20.4 Å². The van der Waals surface area contributed by atoms with Crippen molar-refractivity contribution in [2.45, 2.75) is 57.4 Å². The van der Waals surface area contributed by atoms with Crippen molar-refractivity contribution in [2.24, 2.45) is 5.73 Å². The van der Waals surface area contributed by atoms with Gasteiger partial charge in [0.05, 0.1) is 13.2 Å². The highest BCUT2D eigenvalue weighted by Crippen LogP contribution is 2.27. The van der Waals surface area contributed by atoms with Crippen molar-refractivity contribution >= 4 is 11.0 Å². The van der Waals surface area contributed by atoms with E-state index in [9.17, 15) is 10.2 Å². The van der Waals surface area contributed by atoms with Crippen molar-refractivity contribution in [3.63, 3.8) is 0 Å². The molecule has 0 atom stereocenters. The van der Waals surface area contributed by atoms with Crippen LogP contribution >= 0.6 is 0 Å². The fourth-order valence-corrected chi connectivity index (χ4v) is 2.81. The van der Waals surface area contributed by atoms with Crippen LogP contribution in [0.1, 0.15) is 56.8 Å². The van der Waals surface area contributed by atoms with Gasteiger partial charge in [-0.15, -0.1) is 0 Å². The molecule has 0 fully saturated rings. The molecular weight excluding hydrogens is 290 g/mol. The molecule has 0 aliphatic rings. The number of unbranched alkanes of at least 4 members (excludes halogenated alkanes) is 5. The summed E-state index contributed by atoms with van der Waals surface area (Å²) in [7, 11) is 0. The Morgan fingerprint density at radius 2 is 1.70 bits per heavy atom. The molecule has 0 aliphatic heterocycles. The van der Waals surface area contributed by atoms with Gasteiger partial charge >= 0.3 is 0 Å². The molecule has 0 bridgehead atoms. The maximum atomic E-state index is 9.38. The summed E-state index contributed by atoms with van der Waals surface area (Å²) in [5.74, 6) is 0.425. The molecule has 0 saturated heterocycles. The highest BCUT2D eigenvalue weighted by molar-refractivity contribution is 5.79. The van der Waals surface area contributed by atoms with Crippen molar-refractivity contribution in [1.82, 2.24) is 0 Å². The van der Waals surface area contributed by atoms with Crippen molar-refractivity contribution < 1.29 is 14.6 Å². The van der Waals surface area contributed by atoms with E-state index < -0.39 is 5.54 Å². The fraction of sp³-hybridized carbons (Fsp3) is 0.579. The zero-order chi connectivity index (χ0) is 16.7. The van der Waals surface area contributed by atoms with Crippen LogP contribution in [0.5, 0.6) is 0 Å². The maximum absolute atomic E-state index is 9.38. The molecule has 1 aromatic carbocycles. The predicted octanol–water partition coefficient (Wildman–Crippen LogP) is 3.47. The van der Waals surface area contributed by atoms with E-state index in [1.165, 1.54) is 44.1 Å². The molecule has 128 valence electrons. The summed E-state index contributed by atoms with van der Waals surface area (Å²) >= 11 is 0. The standard InChI is InChI=1S/C19H29NO3/c1-2-3-4-5-6-7-8-15-9-10-17-16(11-15)12-18(23-17)19(20,13-21)14-22/h9-12,21-22H,2-8,13-14,20H2,1H3. The van der Waals surface area contributed by atoms with Crippen molar-refractivity contribution in [2.75, 3.05) is 13.2 Å². The van der Waals surface area contributed by atoms with Crippen molar-refractivity contribution in [3.05, 3.63) is 35.6 Å². The lowest BCUT2D eigenvalue weighted by atomic mass is 9.99. The normalized spacial score (nSPS) is 12.2. The highest BCUT2D eigenvalue weighted by atomic mass is 16.3. The average Bonchev–Trinajstić information content (AvgIpc) is 3.01. The van der Waals surface area contributed by atoms with E-state index in [-0.39, 0.29) is 13.2 Å². The lowest BCUT2D eigenvalue weighted by molar-refractivity contribution is 0.105. The number of aliphatic hydroxyl groups is 2. The number of hydrogen-bond donors (Lipinski definition) is 3. The molecule has 4 heteroatoms. The van der Waals surface area contributed by atoms with E-state index in [0.29, 0.717) is 5.76 Å². The molecule has 1 heterocycles. The van der Waals surface area contributed by atoms with Crippen LogP contribution in [-0.4, -0.2) is 23.4 Å². The Labute approximate surface area is 138 Å². The molecule has 2 aromatic rings. The summed E-state index contributed by atoms with van der Waals surface area (Å²) in [6, 6.07) is 7.97. The third kappa shape index (κ3) is 4.56. The minimum atomic E-state index is -1.22. The second kappa shape index (κ2) is 8.48. The Bertz CT molecular complexity index is 602. The number of benzene rings is 1. The summed E-state index contributed by atoms with van der Waals surface area (Å²) in [6.45, 7) is 1.53.